The van der Waals surface area contributed by atoms with Gasteiger partial charge in [0, 0.05) is 46.3 Å². The zero-order valence-electron chi connectivity index (χ0n) is 18.9. The fourth-order valence-corrected chi connectivity index (χ4v) is 4.20. The van der Waals surface area contributed by atoms with Gasteiger partial charge in [-0.1, -0.05) is 30.7 Å². The Hall–Kier alpha value is -0.900. The number of aliphatic imine (C=N–C) groups is 1. The largest absolute Gasteiger partial charge is 0.355 e. The monoisotopic (exact) mass is 528 g/mol. The third-order valence-corrected chi connectivity index (χ3v) is 6.09. The number of hydrogen-bond donors (Lipinski definition) is 2. The molecule has 6 nitrogen and oxygen atoms in total. The summed E-state index contributed by atoms with van der Waals surface area (Å²) in [5.41, 5.74) is 2.70. The molecule has 0 atom stereocenters. The molecule has 2 heterocycles. The Balaban J connectivity index is 0.00000320. The molecule has 1 aromatic carbocycles. The number of benzene rings is 1. The Kier molecular flexibility index (Phi) is 12.0. The predicted octanol–water partition coefficient (Wildman–Crippen LogP) is 2.59. The Labute approximate surface area is 200 Å². The van der Waals surface area contributed by atoms with E-state index in [2.05, 4.69) is 61.6 Å². The van der Waals surface area contributed by atoms with Crippen molar-refractivity contribution in [2.75, 3.05) is 66.5 Å². The van der Waals surface area contributed by atoms with Gasteiger partial charge in [-0.2, -0.15) is 0 Å². The highest BCUT2D eigenvalue weighted by Crippen LogP contribution is 2.10. The Morgan fingerprint density at radius 1 is 0.833 bits per heavy atom. The molecular weight excluding hydrogens is 487 g/mol. The van der Waals surface area contributed by atoms with Crippen LogP contribution in [-0.2, 0) is 13.1 Å². The Morgan fingerprint density at radius 2 is 1.53 bits per heavy atom. The second kappa shape index (κ2) is 14.2. The molecule has 0 aliphatic carbocycles. The van der Waals surface area contributed by atoms with Gasteiger partial charge in [-0.05, 0) is 63.6 Å². The van der Waals surface area contributed by atoms with Crippen LogP contribution in [0.5, 0.6) is 0 Å². The molecule has 1 aromatic rings. The SMILES string of the molecule is CN=C(NCCN1CCCCC1)NCc1ccc(CN2CCCN(C)CC2)cc1.I. The van der Waals surface area contributed by atoms with Gasteiger partial charge in [-0.3, -0.25) is 9.89 Å². The summed E-state index contributed by atoms with van der Waals surface area (Å²) in [7, 11) is 4.07. The zero-order chi connectivity index (χ0) is 20.3. The van der Waals surface area contributed by atoms with E-state index in [0.717, 1.165) is 32.1 Å². The molecule has 2 aliphatic heterocycles. The van der Waals surface area contributed by atoms with Crippen molar-refractivity contribution in [1.29, 1.82) is 0 Å². The van der Waals surface area contributed by atoms with Crippen LogP contribution >= 0.6 is 24.0 Å². The molecule has 170 valence electrons. The molecule has 2 aliphatic rings. The van der Waals surface area contributed by atoms with Crippen LogP contribution in [0.2, 0.25) is 0 Å². The van der Waals surface area contributed by atoms with E-state index >= 15 is 0 Å². The molecule has 0 amide bonds. The number of hydrogen-bond acceptors (Lipinski definition) is 4. The van der Waals surface area contributed by atoms with E-state index in [1.54, 1.807) is 0 Å². The number of nitrogens with zero attached hydrogens (tertiary/aromatic N) is 4. The maximum absolute atomic E-state index is 4.36. The smallest absolute Gasteiger partial charge is 0.191 e. The van der Waals surface area contributed by atoms with Gasteiger partial charge in [0.15, 0.2) is 5.96 Å². The maximum atomic E-state index is 4.36. The first-order valence-electron chi connectivity index (χ1n) is 11.4. The highest BCUT2D eigenvalue weighted by molar-refractivity contribution is 14.0. The summed E-state index contributed by atoms with van der Waals surface area (Å²) in [4.78, 5) is 11.9. The summed E-state index contributed by atoms with van der Waals surface area (Å²) >= 11 is 0. The maximum Gasteiger partial charge on any atom is 0.191 e. The van der Waals surface area contributed by atoms with Crippen molar-refractivity contribution in [1.82, 2.24) is 25.3 Å². The van der Waals surface area contributed by atoms with Gasteiger partial charge >= 0.3 is 0 Å². The van der Waals surface area contributed by atoms with Crippen molar-refractivity contribution in [3.05, 3.63) is 35.4 Å². The Morgan fingerprint density at radius 3 is 2.27 bits per heavy atom. The van der Waals surface area contributed by atoms with Gasteiger partial charge < -0.3 is 20.4 Å². The second-order valence-corrected chi connectivity index (χ2v) is 8.50. The summed E-state index contributed by atoms with van der Waals surface area (Å²) in [6.45, 7) is 11.2. The number of halogens is 1. The van der Waals surface area contributed by atoms with Gasteiger partial charge in [-0.15, -0.1) is 24.0 Å². The van der Waals surface area contributed by atoms with E-state index in [1.165, 1.54) is 76.1 Å². The third kappa shape index (κ3) is 9.08. The van der Waals surface area contributed by atoms with Crippen molar-refractivity contribution in [2.24, 2.45) is 4.99 Å². The number of likely N-dealkylation sites (N-methyl/N-ethyl adjacent to an activating group) is 1. The van der Waals surface area contributed by atoms with E-state index in [9.17, 15) is 0 Å². The lowest BCUT2D eigenvalue weighted by Gasteiger charge is -2.26. The van der Waals surface area contributed by atoms with Crippen molar-refractivity contribution in [2.45, 2.75) is 38.8 Å². The summed E-state index contributed by atoms with van der Waals surface area (Å²) in [6.07, 6.45) is 5.35. The second-order valence-electron chi connectivity index (χ2n) is 8.50. The fraction of sp³-hybridized carbons (Fsp3) is 0.696. The molecule has 2 fully saturated rings. The molecule has 30 heavy (non-hydrogen) atoms. The average molecular weight is 529 g/mol. The minimum absolute atomic E-state index is 0. The lowest BCUT2D eigenvalue weighted by Crippen LogP contribution is -2.42. The average Bonchev–Trinajstić information content (AvgIpc) is 2.96. The number of likely N-dealkylation sites (tertiary alicyclic amines) is 1. The fourth-order valence-electron chi connectivity index (χ4n) is 4.20. The van der Waals surface area contributed by atoms with Gasteiger partial charge in [-0.25, -0.2) is 0 Å². The van der Waals surface area contributed by atoms with Crippen LogP contribution in [0.1, 0.15) is 36.8 Å². The summed E-state index contributed by atoms with van der Waals surface area (Å²) < 4.78 is 0. The van der Waals surface area contributed by atoms with Crippen LogP contribution in [0.15, 0.2) is 29.3 Å². The van der Waals surface area contributed by atoms with E-state index < -0.39 is 0 Å². The van der Waals surface area contributed by atoms with Gasteiger partial charge in [0.2, 0.25) is 0 Å². The number of nitrogens with one attached hydrogen (secondary N) is 2. The van der Waals surface area contributed by atoms with Crippen molar-refractivity contribution in [3.8, 4) is 0 Å². The molecule has 0 bridgehead atoms. The lowest BCUT2D eigenvalue weighted by molar-refractivity contribution is 0.232. The normalized spacial score (nSPS) is 19.7. The van der Waals surface area contributed by atoms with Crippen molar-refractivity contribution >= 4 is 29.9 Å². The highest BCUT2D eigenvalue weighted by atomic mass is 127. The predicted molar refractivity (Wildman–Crippen MR) is 138 cm³/mol. The first kappa shape index (κ1) is 25.4. The highest BCUT2D eigenvalue weighted by Gasteiger charge is 2.12. The van der Waals surface area contributed by atoms with Crippen molar-refractivity contribution in [3.63, 3.8) is 0 Å². The van der Waals surface area contributed by atoms with Crippen LogP contribution < -0.4 is 10.6 Å². The first-order valence-corrected chi connectivity index (χ1v) is 11.4. The number of piperidine rings is 1. The lowest BCUT2D eigenvalue weighted by atomic mass is 10.1. The molecule has 0 aromatic heterocycles. The molecule has 0 radical (unpaired) electrons. The number of rotatable bonds is 7. The van der Waals surface area contributed by atoms with Crippen LogP contribution in [-0.4, -0.2) is 87.1 Å². The minimum atomic E-state index is 0. The summed E-state index contributed by atoms with van der Waals surface area (Å²) in [5, 5.41) is 6.89. The summed E-state index contributed by atoms with van der Waals surface area (Å²) in [5.74, 6) is 0.889. The van der Waals surface area contributed by atoms with Crippen molar-refractivity contribution < 1.29 is 0 Å². The topological polar surface area (TPSA) is 46.1 Å². The third-order valence-electron chi connectivity index (χ3n) is 6.09. The van der Waals surface area contributed by atoms with Crippen LogP contribution in [0, 0.1) is 0 Å². The van der Waals surface area contributed by atoms with Gasteiger partial charge in [0.1, 0.15) is 0 Å². The van der Waals surface area contributed by atoms with Crippen LogP contribution in [0.25, 0.3) is 0 Å². The van der Waals surface area contributed by atoms with Gasteiger partial charge in [0.25, 0.3) is 0 Å². The van der Waals surface area contributed by atoms with E-state index in [-0.39, 0.29) is 24.0 Å². The molecule has 2 N–H and O–H groups in total. The van der Waals surface area contributed by atoms with Gasteiger partial charge in [0.05, 0.1) is 0 Å². The number of guanidine groups is 1. The van der Waals surface area contributed by atoms with E-state index in [1.807, 2.05) is 7.05 Å². The summed E-state index contributed by atoms with van der Waals surface area (Å²) in [6, 6.07) is 9.04. The van der Waals surface area contributed by atoms with E-state index in [0.29, 0.717) is 0 Å². The van der Waals surface area contributed by atoms with Crippen LogP contribution in [0.4, 0.5) is 0 Å². The molecule has 7 heteroatoms. The standard InChI is InChI=1S/C23H40N6.HI/c1-24-23(25-11-16-28-13-4-3-5-14-28)26-19-21-7-9-22(10-8-21)20-29-15-6-12-27(2)17-18-29;/h7-10H,3-6,11-20H2,1-2H3,(H2,24,25,26);1H. The molecule has 0 spiro atoms. The molecule has 3 rings (SSSR count). The molecule has 0 unspecified atom stereocenters. The quantitative estimate of drug-likeness (QED) is 0.324. The Bertz CT molecular complexity index is 615. The molecular formula is C23H41IN6. The van der Waals surface area contributed by atoms with Crippen LogP contribution in [0.3, 0.4) is 0 Å². The zero-order valence-corrected chi connectivity index (χ0v) is 21.2. The van der Waals surface area contributed by atoms with E-state index in [4.69, 9.17) is 0 Å². The molecule has 0 saturated carbocycles. The minimum Gasteiger partial charge on any atom is -0.355 e. The first-order chi connectivity index (χ1) is 14.2. The molecule has 2 saturated heterocycles.